The largest absolute Gasteiger partial charge is 0.447 e. The Morgan fingerprint density at radius 1 is 1.15 bits per heavy atom. The number of halogens is 2. The zero-order valence-corrected chi connectivity index (χ0v) is 23.1. The molecule has 3 heterocycles. The van der Waals surface area contributed by atoms with Gasteiger partial charge in [0, 0.05) is 37.8 Å². The van der Waals surface area contributed by atoms with Crippen molar-refractivity contribution in [1.29, 1.82) is 0 Å². The number of ether oxygens (including phenoxy) is 1. The van der Waals surface area contributed by atoms with Gasteiger partial charge >= 0.3 is 6.09 Å². The number of amides is 2. The first-order chi connectivity index (χ1) is 20.0. The summed E-state index contributed by atoms with van der Waals surface area (Å²) in [6.45, 7) is 2.63. The molecule has 214 valence electrons. The van der Waals surface area contributed by atoms with Gasteiger partial charge in [-0.3, -0.25) is 10.1 Å². The number of carbonyl (C=O) groups excluding carboxylic acids is 2. The number of aromatic nitrogens is 3. The highest BCUT2D eigenvalue weighted by Gasteiger charge is 2.19. The maximum atomic E-state index is 13.7. The lowest BCUT2D eigenvalue weighted by Gasteiger charge is -2.20. The summed E-state index contributed by atoms with van der Waals surface area (Å²) in [5.41, 5.74) is 2.62. The zero-order chi connectivity index (χ0) is 28.6. The molecule has 1 atom stereocenters. The summed E-state index contributed by atoms with van der Waals surface area (Å²) in [6, 6.07) is 13.5. The van der Waals surface area contributed by atoms with Crippen LogP contribution >= 0.6 is 11.6 Å². The predicted octanol–water partition coefficient (Wildman–Crippen LogP) is 3.78. The fraction of sp³-hybridized carbons (Fsp3) is 0.310. The van der Waals surface area contributed by atoms with E-state index in [4.69, 9.17) is 16.3 Å². The monoisotopic (exact) mass is 579 g/mol. The molecule has 2 amide bonds. The highest BCUT2D eigenvalue weighted by atomic mass is 35.5. The Kier molecular flexibility index (Phi) is 9.40. The summed E-state index contributed by atoms with van der Waals surface area (Å²) < 4.78 is 21.3. The Morgan fingerprint density at radius 3 is 2.88 bits per heavy atom. The highest BCUT2D eigenvalue weighted by molar-refractivity contribution is 6.31. The van der Waals surface area contributed by atoms with Crippen molar-refractivity contribution in [3.8, 4) is 0 Å². The quantitative estimate of drug-likeness (QED) is 0.213. The molecule has 0 unspecified atom stereocenters. The lowest BCUT2D eigenvalue weighted by Crippen LogP contribution is -2.43. The Balaban J connectivity index is 1.17. The van der Waals surface area contributed by atoms with Crippen LogP contribution in [0, 0.1) is 5.82 Å². The second kappa shape index (κ2) is 13.5. The molecule has 0 radical (unpaired) electrons. The molecule has 0 saturated carbocycles. The Bertz CT molecular complexity index is 1530. The number of rotatable bonds is 11. The average Bonchev–Trinajstić information content (AvgIpc) is 3.39. The Hall–Kier alpha value is -4.06. The lowest BCUT2D eigenvalue weighted by atomic mass is 10.1. The maximum absolute atomic E-state index is 13.7. The van der Waals surface area contributed by atoms with Gasteiger partial charge in [0.15, 0.2) is 0 Å². The van der Waals surface area contributed by atoms with Crippen molar-refractivity contribution in [3.05, 3.63) is 88.8 Å². The van der Waals surface area contributed by atoms with Crippen molar-refractivity contribution in [3.63, 3.8) is 0 Å². The fourth-order valence-corrected chi connectivity index (χ4v) is 4.90. The molecule has 12 heteroatoms. The molecule has 4 N–H and O–H groups in total. The van der Waals surface area contributed by atoms with E-state index in [0.717, 1.165) is 41.8 Å². The van der Waals surface area contributed by atoms with E-state index >= 15 is 0 Å². The topological polar surface area (TPSA) is 122 Å². The molecule has 1 aliphatic rings. The first-order valence-corrected chi connectivity index (χ1v) is 13.8. The van der Waals surface area contributed by atoms with Gasteiger partial charge in [-0.1, -0.05) is 48.0 Å². The minimum absolute atomic E-state index is 0.0245. The molecular formula is C29H31ClFN7O3. The predicted molar refractivity (Wildman–Crippen MR) is 154 cm³/mol. The van der Waals surface area contributed by atoms with Crippen molar-refractivity contribution in [2.75, 3.05) is 25.0 Å². The molecule has 0 fully saturated rings. The second-order valence-corrected chi connectivity index (χ2v) is 10.1. The maximum Gasteiger partial charge on any atom is 0.412 e. The van der Waals surface area contributed by atoms with Gasteiger partial charge in [0.25, 0.3) is 0 Å². The molecule has 41 heavy (non-hydrogen) atoms. The van der Waals surface area contributed by atoms with Gasteiger partial charge in [0.05, 0.1) is 35.3 Å². The standard InChI is InChI=1S/C29H31ClFN7O3/c30-28-21(6-3-7-23(28)31)13-33-16-27(39)36-22(8-9-24-25-15-32-10-11-38(25)18-35-24)17-41-29(40)37-26-12-19-4-1-2-5-20(19)14-34-26/h1-7,12,14,18,22,32-33H,8-11,13,15-17H2,(H,36,39)(H,34,37,40)/t22-/m0/s1. The third-order valence-corrected chi connectivity index (χ3v) is 7.28. The molecular weight excluding hydrogens is 549 g/mol. The summed E-state index contributed by atoms with van der Waals surface area (Å²) in [6.07, 6.45) is 3.94. The third-order valence-electron chi connectivity index (χ3n) is 6.86. The number of aryl methyl sites for hydroxylation is 1. The molecule has 1 aliphatic heterocycles. The van der Waals surface area contributed by atoms with Crippen LogP contribution in [-0.2, 0) is 35.6 Å². The van der Waals surface area contributed by atoms with Gasteiger partial charge in [0.1, 0.15) is 18.2 Å². The smallest absolute Gasteiger partial charge is 0.412 e. The summed E-state index contributed by atoms with van der Waals surface area (Å²) in [5, 5.41) is 13.8. The Morgan fingerprint density at radius 2 is 2.00 bits per heavy atom. The number of carbonyl (C=O) groups is 2. The number of fused-ring (bicyclic) bond motifs is 2. The van der Waals surface area contributed by atoms with Crippen LogP contribution in [0.25, 0.3) is 10.8 Å². The third kappa shape index (κ3) is 7.57. The van der Waals surface area contributed by atoms with Crippen LogP contribution in [0.2, 0.25) is 5.02 Å². The number of nitrogens with one attached hydrogen (secondary N) is 4. The summed E-state index contributed by atoms with van der Waals surface area (Å²) in [7, 11) is 0. The summed E-state index contributed by atoms with van der Waals surface area (Å²) in [5.74, 6) is -0.440. The van der Waals surface area contributed by atoms with E-state index in [9.17, 15) is 14.0 Å². The Labute approximate surface area is 241 Å². The van der Waals surface area contributed by atoms with Gasteiger partial charge in [0.2, 0.25) is 5.91 Å². The van der Waals surface area contributed by atoms with E-state index in [1.807, 2.05) is 30.6 Å². The molecule has 10 nitrogen and oxygen atoms in total. The van der Waals surface area contributed by atoms with Crippen LogP contribution in [0.4, 0.5) is 15.0 Å². The van der Waals surface area contributed by atoms with Gasteiger partial charge in [-0.2, -0.15) is 0 Å². The first kappa shape index (κ1) is 28.5. The van der Waals surface area contributed by atoms with Crippen LogP contribution in [0.1, 0.15) is 23.4 Å². The molecule has 2 aromatic heterocycles. The minimum atomic E-state index is -0.672. The second-order valence-electron chi connectivity index (χ2n) is 9.77. The van der Waals surface area contributed by atoms with Crippen molar-refractivity contribution >= 4 is 40.2 Å². The van der Waals surface area contributed by atoms with Crippen molar-refractivity contribution in [2.45, 2.75) is 38.5 Å². The van der Waals surface area contributed by atoms with Gasteiger partial charge in [-0.15, -0.1) is 0 Å². The molecule has 5 rings (SSSR count). The van der Waals surface area contributed by atoms with E-state index in [0.29, 0.717) is 24.2 Å². The van der Waals surface area contributed by atoms with Crippen LogP contribution < -0.4 is 21.3 Å². The summed E-state index contributed by atoms with van der Waals surface area (Å²) >= 11 is 6.00. The zero-order valence-electron chi connectivity index (χ0n) is 22.3. The van der Waals surface area contributed by atoms with E-state index in [2.05, 4.69) is 35.8 Å². The minimum Gasteiger partial charge on any atom is -0.447 e. The first-order valence-electron chi connectivity index (χ1n) is 13.4. The molecule has 0 spiro atoms. The highest BCUT2D eigenvalue weighted by Crippen LogP contribution is 2.19. The van der Waals surface area contributed by atoms with E-state index < -0.39 is 18.0 Å². The van der Waals surface area contributed by atoms with Crippen molar-refractivity contribution in [2.24, 2.45) is 0 Å². The van der Waals surface area contributed by atoms with E-state index in [1.54, 1.807) is 24.4 Å². The number of hydrogen-bond acceptors (Lipinski definition) is 7. The molecule has 0 bridgehead atoms. The number of anilines is 1. The fourth-order valence-electron chi connectivity index (χ4n) is 4.71. The normalized spacial score (nSPS) is 13.4. The van der Waals surface area contributed by atoms with Crippen molar-refractivity contribution < 1.29 is 18.7 Å². The number of pyridine rings is 1. The SMILES string of the molecule is O=C(CNCc1cccc(F)c1Cl)N[C@@H](CCc1ncn2c1CNCC2)COC(=O)Nc1cc2ccccc2cn1. The number of benzene rings is 2. The van der Waals surface area contributed by atoms with Gasteiger partial charge < -0.3 is 25.3 Å². The summed E-state index contributed by atoms with van der Waals surface area (Å²) in [4.78, 5) is 34.2. The van der Waals surface area contributed by atoms with E-state index in [-0.39, 0.29) is 30.6 Å². The average molecular weight is 580 g/mol. The van der Waals surface area contributed by atoms with Crippen molar-refractivity contribution in [1.82, 2.24) is 30.5 Å². The molecule has 0 aliphatic carbocycles. The van der Waals surface area contributed by atoms with Crippen LogP contribution in [0.5, 0.6) is 0 Å². The van der Waals surface area contributed by atoms with Gasteiger partial charge in [-0.25, -0.2) is 19.2 Å². The van der Waals surface area contributed by atoms with Crippen LogP contribution in [-0.4, -0.2) is 52.3 Å². The number of hydrogen-bond donors (Lipinski definition) is 4. The molecule has 4 aromatic rings. The lowest BCUT2D eigenvalue weighted by molar-refractivity contribution is -0.121. The van der Waals surface area contributed by atoms with Gasteiger partial charge in [-0.05, 0) is 35.9 Å². The number of imidazole rings is 1. The van der Waals surface area contributed by atoms with Crippen LogP contribution in [0.15, 0.2) is 61.1 Å². The number of nitrogens with zero attached hydrogens (tertiary/aromatic N) is 3. The van der Waals surface area contributed by atoms with Crippen LogP contribution in [0.3, 0.4) is 0 Å². The molecule has 2 aromatic carbocycles. The van der Waals surface area contributed by atoms with E-state index in [1.165, 1.54) is 6.07 Å². The molecule has 0 saturated heterocycles.